The van der Waals surface area contributed by atoms with Crippen LogP contribution in [-0.2, 0) is 36.8 Å². The molecule has 13 nitrogen and oxygen atoms in total. The van der Waals surface area contributed by atoms with Crippen LogP contribution in [0.1, 0.15) is 46.1 Å². The molecular weight excluding hydrogens is 720 g/mol. The normalized spacial score (nSPS) is 23.3. The molecule has 3 heterocycles. The summed E-state index contributed by atoms with van der Waals surface area (Å²) in [5, 5.41) is 1.74. The summed E-state index contributed by atoms with van der Waals surface area (Å²) in [6.45, 7) is 1.52. The van der Waals surface area contributed by atoms with E-state index in [0.717, 1.165) is 24.2 Å². The fraction of sp³-hybridized carbons (Fsp3) is 0.425. The van der Waals surface area contributed by atoms with Gasteiger partial charge in [-0.3, -0.25) is 9.69 Å². The van der Waals surface area contributed by atoms with Crippen LogP contribution in [0, 0.1) is 17.8 Å². The topological polar surface area (TPSA) is 144 Å². The highest BCUT2D eigenvalue weighted by Gasteiger charge is 2.54. The van der Waals surface area contributed by atoms with Crippen LogP contribution in [0.3, 0.4) is 0 Å². The number of hydrogen-bond donors (Lipinski definition) is 1. The third-order valence-corrected chi connectivity index (χ3v) is 11.3. The zero-order valence-electron chi connectivity index (χ0n) is 30.7. The lowest BCUT2D eigenvalue weighted by Crippen LogP contribution is -2.58. The van der Waals surface area contributed by atoms with Crippen LogP contribution < -0.4 is 18.9 Å². The Bertz CT molecular complexity index is 2010. The second kappa shape index (κ2) is 15.8. The van der Waals surface area contributed by atoms with E-state index in [1.165, 1.54) is 57.2 Å². The summed E-state index contributed by atoms with van der Waals surface area (Å²) in [6.07, 6.45) is -0.447. The van der Waals surface area contributed by atoms with Crippen LogP contribution >= 0.6 is 11.6 Å². The third-order valence-electron chi connectivity index (χ3n) is 11.0. The summed E-state index contributed by atoms with van der Waals surface area (Å²) >= 11 is 5.94. The molecule has 3 aliphatic rings. The molecule has 3 aromatic carbocycles. The number of piperidine rings is 1. The standard InChI is InChI=1S/C40H43ClN2O11/c1-47-25-10-11-26-27-12-13-43-19-23-16-33(37(50-4)34(39(45)51-5)28(23)18-30(43)35(27)42-29(26)17-25)53-38(44)22-14-31(48-2)36(32(15-22)49-3)54-40(46)52-20-21-6-8-24(41)9-7-21/h6-11,14-15,17,23,28,30,33-34,37,42H,12-13,16,18-20H2,1-5H3/t23-,28+,30-,33-,34+,37+/m1/s1. The lowest BCUT2D eigenvalue weighted by Gasteiger charge is -2.52. The number of H-pyrrole nitrogens is 1. The van der Waals surface area contributed by atoms with Gasteiger partial charge in [0, 0.05) is 47.9 Å². The van der Waals surface area contributed by atoms with Crippen LogP contribution in [0.15, 0.2) is 54.6 Å². The highest BCUT2D eigenvalue weighted by molar-refractivity contribution is 6.30. The molecule has 0 amide bonds. The van der Waals surface area contributed by atoms with Gasteiger partial charge < -0.3 is 42.9 Å². The van der Waals surface area contributed by atoms with E-state index < -0.39 is 36.2 Å². The van der Waals surface area contributed by atoms with Crippen molar-refractivity contribution in [3.05, 3.63) is 82.0 Å². The average Bonchev–Trinajstić information content (AvgIpc) is 3.57. The monoisotopic (exact) mass is 762 g/mol. The van der Waals surface area contributed by atoms with Gasteiger partial charge in [0.15, 0.2) is 11.5 Å². The molecule has 7 rings (SSSR count). The average molecular weight is 763 g/mol. The summed E-state index contributed by atoms with van der Waals surface area (Å²) in [6, 6.07) is 15.8. The molecule has 1 aromatic heterocycles. The number of aromatic nitrogens is 1. The maximum Gasteiger partial charge on any atom is 0.514 e. The van der Waals surface area contributed by atoms with Crippen molar-refractivity contribution in [2.45, 2.75) is 44.1 Å². The van der Waals surface area contributed by atoms with Crippen molar-refractivity contribution in [1.82, 2.24) is 9.88 Å². The number of carbonyl (C=O) groups is 3. The van der Waals surface area contributed by atoms with Gasteiger partial charge in [-0.05, 0) is 78.6 Å². The lowest BCUT2D eigenvalue weighted by atomic mass is 9.63. The number of methoxy groups -OCH3 is 5. The maximum absolute atomic E-state index is 13.9. The number of nitrogens with zero attached hydrogens (tertiary/aromatic N) is 1. The fourth-order valence-corrected chi connectivity index (χ4v) is 8.62. The molecule has 2 fully saturated rings. The van der Waals surface area contributed by atoms with E-state index in [4.69, 9.17) is 49.5 Å². The first-order valence-electron chi connectivity index (χ1n) is 17.7. The van der Waals surface area contributed by atoms with Crippen molar-refractivity contribution in [3.8, 4) is 23.0 Å². The zero-order valence-corrected chi connectivity index (χ0v) is 31.5. The van der Waals surface area contributed by atoms with Crippen LogP contribution in [0.25, 0.3) is 10.9 Å². The Morgan fingerprint density at radius 1 is 0.907 bits per heavy atom. The van der Waals surface area contributed by atoms with Crippen molar-refractivity contribution in [1.29, 1.82) is 0 Å². The second-order valence-electron chi connectivity index (χ2n) is 13.8. The summed E-state index contributed by atoms with van der Waals surface area (Å²) in [5.41, 5.74) is 4.28. The van der Waals surface area contributed by atoms with Gasteiger partial charge in [0.05, 0.1) is 46.0 Å². The number of esters is 2. The maximum atomic E-state index is 13.9. The summed E-state index contributed by atoms with van der Waals surface area (Å²) in [4.78, 5) is 46.2. The molecule has 0 unspecified atom stereocenters. The molecule has 6 atom stereocenters. The van der Waals surface area contributed by atoms with E-state index in [1.807, 2.05) is 12.1 Å². The number of aromatic amines is 1. The molecule has 0 bridgehead atoms. The van der Waals surface area contributed by atoms with Crippen molar-refractivity contribution in [2.24, 2.45) is 17.8 Å². The van der Waals surface area contributed by atoms with Gasteiger partial charge in [0.25, 0.3) is 0 Å². The van der Waals surface area contributed by atoms with Crippen molar-refractivity contribution >= 4 is 40.6 Å². The van der Waals surface area contributed by atoms with Gasteiger partial charge >= 0.3 is 18.1 Å². The highest BCUT2D eigenvalue weighted by Crippen LogP contribution is 2.51. The molecule has 1 saturated heterocycles. The molecule has 14 heteroatoms. The van der Waals surface area contributed by atoms with Crippen molar-refractivity contribution in [2.75, 3.05) is 48.6 Å². The molecule has 1 saturated carbocycles. The molecule has 0 spiro atoms. The number of carbonyl (C=O) groups excluding carboxylic acids is 3. The Labute approximate surface area is 317 Å². The van der Waals surface area contributed by atoms with Crippen molar-refractivity contribution < 1.29 is 52.3 Å². The fourth-order valence-electron chi connectivity index (χ4n) is 8.50. The Kier molecular flexibility index (Phi) is 10.9. The van der Waals surface area contributed by atoms with Crippen molar-refractivity contribution in [3.63, 3.8) is 0 Å². The largest absolute Gasteiger partial charge is 0.514 e. The summed E-state index contributed by atoms with van der Waals surface area (Å²) < 4.78 is 44.7. The van der Waals surface area contributed by atoms with Gasteiger partial charge in [-0.15, -0.1) is 0 Å². The number of fused-ring (bicyclic) bond motifs is 6. The van der Waals surface area contributed by atoms with E-state index in [1.54, 1.807) is 31.4 Å². The summed E-state index contributed by atoms with van der Waals surface area (Å²) in [5.74, 6) is -1.03. The van der Waals surface area contributed by atoms with Crippen LogP contribution in [0.4, 0.5) is 4.79 Å². The smallest absolute Gasteiger partial charge is 0.497 e. The minimum atomic E-state index is -1.00. The molecule has 0 radical (unpaired) electrons. The third kappa shape index (κ3) is 7.15. The van der Waals surface area contributed by atoms with Crippen LogP contribution in [0.2, 0.25) is 5.02 Å². The molecule has 54 heavy (non-hydrogen) atoms. The van der Waals surface area contributed by atoms with Gasteiger partial charge in [-0.1, -0.05) is 23.7 Å². The van der Waals surface area contributed by atoms with E-state index in [2.05, 4.69) is 16.0 Å². The predicted molar refractivity (Wildman–Crippen MR) is 196 cm³/mol. The Balaban J connectivity index is 1.10. The van der Waals surface area contributed by atoms with Crippen LogP contribution in [-0.4, -0.2) is 88.8 Å². The number of nitrogens with one attached hydrogen (secondary N) is 1. The first-order chi connectivity index (χ1) is 26.2. The molecule has 1 N–H and O–H groups in total. The lowest BCUT2D eigenvalue weighted by molar-refractivity contribution is -0.176. The number of hydrogen-bond acceptors (Lipinski definition) is 12. The first-order valence-corrected chi connectivity index (χ1v) is 18.1. The number of ether oxygens (including phenoxy) is 8. The van der Waals surface area contributed by atoms with Gasteiger partial charge in [-0.2, -0.15) is 0 Å². The first kappa shape index (κ1) is 37.3. The SMILES string of the molecule is COC(=O)[C@H]1[C@H]2C[C@@H]3c4[nH]c5cc(OC)ccc5c4CCN3C[C@H]2C[C@@H](OC(=O)c2cc(OC)c(OC(=O)OCc3ccc(Cl)cc3)c(OC)c2)[C@@H]1OC. The predicted octanol–water partition coefficient (Wildman–Crippen LogP) is 6.53. The van der Waals surface area contributed by atoms with E-state index >= 15 is 0 Å². The van der Waals surface area contributed by atoms with Gasteiger partial charge in [0.2, 0.25) is 5.75 Å². The molecule has 1 aliphatic carbocycles. The quantitative estimate of drug-likeness (QED) is 0.107. The summed E-state index contributed by atoms with van der Waals surface area (Å²) in [7, 11) is 7.28. The zero-order chi connectivity index (χ0) is 38.1. The van der Waals surface area contributed by atoms with E-state index in [0.29, 0.717) is 30.0 Å². The Hall–Kier alpha value is -4.98. The number of benzene rings is 3. The van der Waals surface area contributed by atoms with Gasteiger partial charge in [-0.25, -0.2) is 9.59 Å². The minimum absolute atomic E-state index is 0.0271. The van der Waals surface area contributed by atoms with Gasteiger partial charge in [0.1, 0.15) is 24.6 Å². The Morgan fingerprint density at radius 3 is 2.31 bits per heavy atom. The molecule has 286 valence electrons. The number of rotatable bonds is 10. The highest BCUT2D eigenvalue weighted by atomic mass is 35.5. The van der Waals surface area contributed by atoms with E-state index in [9.17, 15) is 14.4 Å². The molecule has 2 aliphatic heterocycles. The van der Waals surface area contributed by atoms with E-state index in [-0.39, 0.29) is 47.3 Å². The Morgan fingerprint density at radius 2 is 1.65 bits per heavy atom. The van der Waals surface area contributed by atoms with Crippen LogP contribution in [0.5, 0.6) is 23.0 Å². The minimum Gasteiger partial charge on any atom is -0.497 e. The second-order valence-corrected chi connectivity index (χ2v) is 14.2. The number of halogens is 1. The molecule has 4 aromatic rings. The molecular formula is C40H43ClN2O11.